The Balaban J connectivity index is 2.57. The van der Waals surface area contributed by atoms with E-state index in [2.05, 4.69) is 83.0 Å². The molecule has 1 unspecified atom stereocenters. The van der Waals surface area contributed by atoms with Gasteiger partial charge in [-0.25, -0.2) is 0 Å². The van der Waals surface area contributed by atoms with Gasteiger partial charge in [-0.15, -0.1) is 0 Å². The van der Waals surface area contributed by atoms with Gasteiger partial charge in [0.1, 0.15) is 0 Å². The van der Waals surface area contributed by atoms with Crippen LogP contribution >= 0.6 is 0 Å². The fourth-order valence-electron chi connectivity index (χ4n) is 2.60. The fourth-order valence-corrected chi connectivity index (χ4v) is 4.22. The molecule has 0 aliphatic heterocycles. The summed E-state index contributed by atoms with van der Waals surface area (Å²) < 4.78 is 0. The van der Waals surface area contributed by atoms with E-state index >= 15 is 0 Å². The number of nitrogens with zero attached hydrogens (tertiary/aromatic N) is 1. The van der Waals surface area contributed by atoms with Gasteiger partial charge in [0.05, 0.1) is 13.8 Å². The van der Waals surface area contributed by atoms with Crippen molar-refractivity contribution in [3.63, 3.8) is 0 Å². The molecule has 2 rings (SSSR count). The minimum Gasteiger partial charge on any atom is -0.256 e. The maximum atomic E-state index is 4.75. The van der Waals surface area contributed by atoms with Crippen LogP contribution in [0.15, 0.2) is 42.6 Å². The predicted molar refractivity (Wildman–Crippen MR) is 95.9 cm³/mol. The first-order chi connectivity index (χ1) is 9.80. The zero-order valence-corrected chi connectivity index (χ0v) is 15.1. The highest BCUT2D eigenvalue weighted by Gasteiger charge is 2.25. The monoisotopic (exact) mass is 297 g/mol. The first kappa shape index (κ1) is 16.0. The van der Waals surface area contributed by atoms with Crippen molar-refractivity contribution in [2.75, 3.05) is 0 Å². The second kappa shape index (κ2) is 6.14. The van der Waals surface area contributed by atoms with Gasteiger partial charge in [-0.05, 0) is 28.7 Å². The summed E-state index contributed by atoms with van der Waals surface area (Å²) in [5.74, 6) is 1.21. The lowest BCUT2D eigenvalue weighted by molar-refractivity contribution is 0.537. The van der Waals surface area contributed by atoms with Gasteiger partial charge in [0.2, 0.25) is 0 Å². The molecule has 1 heterocycles. The van der Waals surface area contributed by atoms with Crippen molar-refractivity contribution < 1.29 is 0 Å². The topological polar surface area (TPSA) is 12.9 Å². The summed E-state index contributed by atoms with van der Waals surface area (Å²) in [5.41, 5.74) is 3.80. The zero-order chi connectivity index (χ0) is 15.6. The molecule has 0 aliphatic carbocycles. The standard InChI is InChI=1S/C19H27NSi/c1-14(2)15(3)17-12-18(16-10-8-7-9-11-16)20-13-19(17)21(4,5)6/h7-15H,1-6H3. The summed E-state index contributed by atoms with van der Waals surface area (Å²) in [7, 11) is -1.37. The van der Waals surface area contributed by atoms with Crippen LogP contribution < -0.4 is 5.19 Å². The van der Waals surface area contributed by atoms with E-state index in [4.69, 9.17) is 4.98 Å². The average molecular weight is 298 g/mol. The highest BCUT2D eigenvalue weighted by molar-refractivity contribution is 6.89. The predicted octanol–water partition coefficient (Wildman–Crippen LogP) is 5.05. The lowest BCUT2D eigenvalue weighted by atomic mass is 9.90. The molecular formula is C19H27NSi. The van der Waals surface area contributed by atoms with Gasteiger partial charge in [-0.3, -0.25) is 4.98 Å². The van der Waals surface area contributed by atoms with Crippen LogP contribution in [0.5, 0.6) is 0 Å². The molecule has 0 saturated carbocycles. The van der Waals surface area contributed by atoms with Crippen LogP contribution in [0.25, 0.3) is 11.3 Å². The first-order valence-electron chi connectivity index (χ1n) is 7.86. The van der Waals surface area contributed by atoms with Crippen LogP contribution in [0, 0.1) is 5.92 Å². The molecule has 0 aliphatic rings. The molecule has 0 spiro atoms. The van der Waals surface area contributed by atoms with Crippen LogP contribution in [0.1, 0.15) is 32.3 Å². The largest absolute Gasteiger partial charge is 0.256 e. The maximum Gasteiger partial charge on any atom is 0.0799 e. The van der Waals surface area contributed by atoms with Gasteiger partial charge in [-0.1, -0.05) is 70.7 Å². The quantitative estimate of drug-likeness (QED) is 0.719. The summed E-state index contributed by atoms with van der Waals surface area (Å²) >= 11 is 0. The van der Waals surface area contributed by atoms with Crippen LogP contribution in [0.2, 0.25) is 19.6 Å². The van der Waals surface area contributed by atoms with Crippen molar-refractivity contribution in [1.29, 1.82) is 0 Å². The lowest BCUT2D eigenvalue weighted by Crippen LogP contribution is -2.41. The number of aromatic nitrogens is 1. The van der Waals surface area contributed by atoms with E-state index in [1.54, 1.807) is 0 Å². The molecule has 0 radical (unpaired) electrons. The number of hydrogen-bond acceptors (Lipinski definition) is 1. The van der Waals surface area contributed by atoms with Crippen molar-refractivity contribution in [2.45, 2.75) is 46.3 Å². The Bertz CT molecular complexity index is 597. The van der Waals surface area contributed by atoms with Gasteiger partial charge < -0.3 is 0 Å². The first-order valence-corrected chi connectivity index (χ1v) is 11.4. The van der Waals surface area contributed by atoms with E-state index in [1.807, 2.05) is 0 Å². The molecule has 1 nitrogen and oxygen atoms in total. The zero-order valence-electron chi connectivity index (χ0n) is 14.1. The van der Waals surface area contributed by atoms with Crippen LogP contribution in [-0.4, -0.2) is 13.1 Å². The molecule has 0 N–H and O–H groups in total. The molecule has 0 saturated heterocycles. The molecule has 0 fully saturated rings. The summed E-state index contributed by atoms with van der Waals surface area (Å²) in [6.07, 6.45) is 2.14. The van der Waals surface area contributed by atoms with Crippen molar-refractivity contribution in [3.8, 4) is 11.3 Å². The molecule has 21 heavy (non-hydrogen) atoms. The Hall–Kier alpha value is -1.41. The molecule has 2 heteroatoms. The normalized spacial score (nSPS) is 13.5. The number of benzene rings is 1. The molecule has 0 amide bonds. The van der Waals surface area contributed by atoms with Crippen LogP contribution in [0.3, 0.4) is 0 Å². The average Bonchev–Trinajstić information content (AvgIpc) is 2.45. The minimum atomic E-state index is -1.37. The smallest absolute Gasteiger partial charge is 0.0799 e. The summed E-state index contributed by atoms with van der Waals surface area (Å²) in [4.78, 5) is 4.75. The highest BCUT2D eigenvalue weighted by atomic mass is 28.3. The van der Waals surface area contributed by atoms with E-state index in [-0.39, 0.29) is 0 Å². The Morgan fingerprint density at radius 2 is 1.57 bits per heavy atom. The molecule has 0 bridgehead atoms. The third kappa shape index (κ3) is 3.62. The van der Waals surface area contributed by atoms with Gasteiger partial charge in [-0.2, -0.15) is 0 Å². The molecule has 1 aromatic heterocycles. The third-order valence-electron chi connectivity index (χ3n) is 4.30. The molecule has 1 atom stereocenters. The van der Waals surface area contributed by atoms with Gasteiger partial charge >= 0.3 is 0 Å². The Labute approximate surface area is 130 Å². The molecule has 2 aromatic rings. The Morgan fingerprint density at radius 3 is 2.10 bits per heavy atom. The maximum absolute atomic E-state index is 4.75. The van der Waals surface area contributed by atoms with Crippen molar-refractivity contribution in [3.05, 3.63) is 48.2 Å². The van der Waals surface area contributed by atoms with Crippen LogP contribution in [-0.2, 0) is 0 Å². The molecule has 1 aromatic carbocycles. The van der Waals surface area contributed by atoms with E-state index in [0.29, 0.717) is 11.8 Å². The highest BCUT2D eigenvalue weighted by Crippen LogP contribution is 2.27. The number of pyridine rings is 1. The SMILES string of the molecule is CC(C)C(C)c1cc(-c2ccccc2)ncc1[Si](C)(C)C. The van der Waals surface area contributed by atoms with Crippen molar-refractivity contribution >= 4 is 13.3 Å². The number of hydrogen-bond donors (Lipinski definition) is 0. The third-order valence-corrected chi connectivity index (χ3v) is 6.34. The lowest BCUT2D eigenvalue weighted by Gasteiger charge is -2.26. The van der Waals surface area contributed by atoms with Crippen molar-refractivity contribution in [2.24, 2.45) is 5.92 Å². The van der Waals surface area contributed by atoms with E-state index < -0.39 is 8.07 Å². The van der Waals surface area contributed by atoms with Gasteiger partial charge in [0.15, 0.2) is 0 Å². The second-order valence-electron chi connectivity index (χ2n) is 7.31. The van der Waals surface area contributed by atoms with Gasteiger partial charge in [0.25, 0.3) is 0 Å². The summed E-state index contributed by atoms with van der Waals surface area (Å²) in [5, 5.41) is 1.50. The number of rotatable bonds is 4. The Morgan fingerprint density at radius 1 is 0.952 bits per heavy atom. The van der Waals surface area contributed by atoms with Gasteiger partial charge in [0, 0.05) is 11.8 Å². The van der Waals surface area contributed by atoms with Crippen molar-refractivity contribution in [1.82, 2.24) is 4.98 Å². The molecule has 112 valence electrons. The summed E-state index contributed by atoms with van der Waals surface area (Å²) in [6, 6.07) is 12.8. The minimum absolute atomic E-state index is 0.567. The second-order valence-corrected chi connectivity index (χ2v) is 12.3. The molecular weight excluding hydrogens is 270 g/mol. The van der Waals surface area contributed by atoms with E-state index in [0.717, 1.165) is 5.69 Å². The van der Waals surface area contributed by atoms with E-state index in [1.165, 1.54) is 16.3 Å². The summed E-state index contributed by atoms with van der Waals surface area (Å²) in [6.45, 7) is 14.2. The van der Waals surface area contributed by atoms with E-state index in [9.17, 15) is 0 Å². The fraction of sp³-hybridized carbons (Fsp3) is 0.421. The van der Waals surface area contributed by atoms with Crippen LogP contribution in [0.4, 0.5) is 0 Å². The Kier molecular flexibility index (Phi) is 4.67.